The first-order valence-electron chi connectivity index (χ1n) is 6.17. The number of hydrogen-bond donors (Lipinski definition) is 0. The average molecular weight is 293 g/mol. The molecule has 4 rings (SSSR count). The fourth-order valence-electron chi connectivity index (χ4n) is 2.63. The molecule has 0 N–H and O–H groups in total. The summed E-state index contributed by atoms with van der Waals surface area (Å²) in [6.07, 6.45) is 5.51. The van der Waals surface area contributed by atoms with Crippen molar-refractivity contribution in [2.24, 2.45) is 0 Å². The van der Waals surface area contributed by atoms with Gasteiger partial charge in [0.1, 0.15) is 5.82 Å². The Labute approximate surface area is 118 Å². The fourth-order valence-corrected chi connectivity index (χ4v) is 4.08. The van der Waals surface area contributed by atoms with E-state index in [4.69, 9.17) is 11.6 Å². The third-order valence-corrected chi connectivity index (χ3v) is 4.99. The lowest BCUT2D eigenvalue weighted by molar-refractivity contribution is 0.628. The predicted octanol–water partition coefficient (Wildman–Crippen LogP) is 4.34. The normalized spacial score (nSPS) is 14.2. The number of hydrogen-bond acceptors (Lipinski definition) is 2. The molecule has 0 spiro atoms. The van der Waals surface area contributed by atoms with E-state index in [9.17, 15) is 4.39 Å². The van der Waals surface area contributed by atoms with Crippen LogP contribution in [0, 0.1) is 5.82 Å². The van der Waals surface area contributed by atoms with Crippen molar-refractivity contribution in [1.82, 2.24) is 9.38 Å². The number of benzene rings is 1. The van der Waals surface area contributed by atoms with E-state index >= 15 is 0 Å². The maximum atomic E-state index is 13.1. The van der Waals surface area contributed by atoms with Gasteiger partial charge in [-0.05, 0) is 37.5 Å². The van der Waals surface area contributed by atoms with Gasteiger partial charge in [-0.15, -0.1) is 11.3 Å². The first-order valence-corrected chi connectivity index (χ1v) is 7.37. The van der Waals surface area contributed by atoms with Crippen LogP contribution >= 0.6 is 22.9 Å². The van der Waals surface area contributed by atoms with Crippen LogP contribution in [0.15, 0.2) is 24.4 Å². The molecular weight excluding hydrogens is 283 g/mol. The van der Waals surface area contributed by atoms with Crippen molar-refractivity contribution in [3.8, 4) is 11.3 Å². The van der Waals surface area contributed by atoms with Crippen LogP contribution < -0.4 is 0 Å². The second-order valence-electron chi connectivity index (χ2n) is 4.73. The zero-order valence-electron chi connectivity index (χ0n) is 9.99. The van der Waals surface area contributed by atoms with E-state index in [2.05, 4.69) is 9.38 Å². The van der Waals surface area contributed by atoms with Gasteiger partial charge in [-0.3, -0.25) is 4.40 Å². The van der Waals surface area contributed by atoms with Gasteiger partial charge < -0.3 is 0 Å². The van der Waals surface area contributed by atoms with Gasteiger partial charge in [0, 0.05) is 22.3 Å². The Balaban J connectivity index is 1.89. The van der Waals surface area contributed by atoms with Crippen molar-refractivity contribution in [2.45, 2.75) is 19.3 Å². The fraction of sp³-hybridized carbons (Fsp3) is 0.214. The number of aromatic nitrogens is 2. The van der Waals surface area contributed by atoms with Crippen LogP contribution in [-0.2, 0) is 12.8 Å². The maximum Gasteiger partial charge on any atom is 0.194 e. The van der Waals surface area contributed by atoms with Gasteiger partial charge in [0.15, 0.2) is 4.96 Å². The van der Waals surface area contributed by atoms with Crippen molar-refractivity contribution in [1.29, 1.82) is 0 Å². The van der Waals surface area contributed by atoms with E-state index < -0.39 is 0 Å². The third kappa shape index (κ3) is 1.70. The summed E-state index contributed by atoms with van der Waals surface area (Å²) < 4.78 is 15.2. The molecule has 5 heteroatoms. The topological polar surface area (TPSA) is 17.3 Å². The predicted molar refractivity (Wildman–Crippen MR) is 75.5 cm³/mol. The minimum atomic E-state index is -0.323. The first-order chi connectivity index (χ1) is 9.22. The molecule has 1 aromatic carbocycles. The summed E-state index contributed by atoms with van der Waals surface area (Å²) in [4.78, 5) is 7.06. The number of thiazole rings is 1. The summed E-state index contributed by atoms with van der Waals surface area (Å²) in [6, 6.07) is 4.43. The Bertz CT molecular complexity index is 790. The molecule has 1 aliphatic carbocycles. The molecule has 19 heavy (non-hydrogen) atoms. The number of aryl methyl sites for hydroxylation is 2. The quantitative estimate of drug-likeness (QED) is 0.652. The molecular formula is C14H10ClFN2S. The lowest BCUT2D eigenvalue weighted by atomic mass is 10.2. The number of rotatable bonds is 1. The first kappa shape index (κ1) is 11.4. The highest BCUT2D eigenvalue weighted by molar-refractivity contribution is 7.17. The molecule has 0 atom stereocenters. The molecule has 0 fully saturated rings. The standard InChI is InChI=1S/C14H10ClFN2S/c15-10-6-8(16)4-5-9(10)11-7-18-12-2-1-3-13(12)19-14(18)17-11/h4-7H,1-3H2. The number of fused-ring (bicyclic) bond motifs is 3. The zero-order valence-corrected chi connectivity index (χ0v) is 11.6. The van der Waals surface area contributed by atoms with Crippen LogP contribution in [0.5, 0.6) is 0 Å². The molecule has 1 aliphatic rings. The molecule has 2 heterocycles. The smallest absolute Gasteiger partial charge is 0.194 e. The molecule has 2 aromatic heterocycles. The van der Waals surface area contributed by atoms with E-state index in [0.29, 0.717) is 5.02 Å². The van der Waals surface area contributed by atoms with Gasteiger partial charge >= 0.3 is 0 Å². The number of halogens is 2. The van der Waals surface area contributed by atoms with Gasteiger partial charge in [-0.2, -0.15) is 0 Å². The second kappa shape index (κ2) is 4.05. The highest BCUT2D eigenvalue weighted by Gasteiger charge is 2.20. The molecule has 0 saturated carbocycles. The van der Waals surface area contributed by atoms with Crippen LogP contribution in [0.4, 0.5) is 4.39 Å². The Morgan fingerprint density at radius 1 is 1.32 bits per heavy atom. The van der Waals surface area contributed by atoms with Crippen molar-refractivity contribution in [3.05, 3.63) is 45.8 Å². The minimum absolute atomic E-state index is 0.323. The maximum absolute atomic E-state index is 13.1. The summed E-state index contributed by atoms with van der Waals surface area (Å²) in [6.45, 7) is 0. The monoisotopic (exact) mass is 292 g/mol. The molecule has 0 aliphatic heterocycles. The minimum Gasteiger partial charge on any atom is -0.294 e. The van der Waals surface area contributed by atoms with E-state index in [1.54, 1.807) is 17.4 Å². The summed E-state index contributed by atoms with van der Waals surface area (Å²) in [5.74, 6) is -0.323. The Kier molecular flexibility index (Phi) is 2.44. The Hall–Kier alpha value is -1.39. The SMILES string of the molecule is Fc1ccc(-c2cn3c4c(sc3n2)CCC4)c(Cl)c1. The molecule has 0 bridgehead atoms. The molecule has 96 valence electrons. The van der Waals surface area contributed by atoms with Gasteiger partial charge in [-0.25, -0.2) is 9.37 Å². The van der Waals surface area contributed by atoms with E-state index in [-0.39, 0.29) is 5.82 Å². The molecule has 0 unspecified atom stereocenters. The summed E-state index contributed by atoms with van der Waals surface area (Å²) in [5, 5.41) is 0.405. The zero-order chi connectivity index (χ0) is 13.0. The second-order valence-corrected chi connectivity index (χ2v) is 6.20. The van der Waals surface area contributed by atoms with Crippen molar-refractivity contribution < 1.29 is 4.39 Å². The largest absolute Gasteiger partial charge is 0.294 e. The van der Waals surface area contributed by atoms with Crippen molar-refractivity contribution in [2.75, 3.05) is 0 Å². The van der Waals surface area contributed by atoms with E-state index in [0.717, 1.165) is 29.1 Å². The van der Waals surface area contributed by atoms with Crippen LogP contribution in [0.2, 0.25) is 5.02 Å². The number of nitrogens with zero attached hydrogens (tertiary/aromatic N) is 2. The molecule has 0 radical (unpaired) electrons. The van der Waals surface area contributed by atoms with E-state index in [1.165, 1.54) is 29.1 Å². The molecule has 0 saturated heterocycles. The van der Waals surface area contributed by atoms with Gasteiger partial charge in [-0.1, -0.05) is 11.6 Å². The van der Waals surface area contributed by atoms with Crippen LogP contribution in [0.25, 0.3) is 16.2 Å². The summed E-state index contributed by atoms with van der Waals surface area (Å²) >= 11 is 7.84. The van der Waals surface area contributed by atoms with E-state index in [1.807, 2.05) is 6.20 Å². The van der Waals surface area contributed by atoms with Crippen molar-refractivity contribution >= 4 is 27.9 Å². The third-order valence-electron chi connectivity index (χ3n) is 3.53. The van der Waals surface area contributed by atoms with Gasteiger partial charge in [0.25, 0.3) is 0 Å². The lowest BCUT2D eigenvalue weighted by Crippen LogP contribution is -1.85. The van der Waals surface area contributed by atoms with Crippen LogP contribution in [-0.4, -0.2) is 9.38 Å². The molecule has 0 amide bonds. The van der Waals surface area contributed by atoms with Crippen molar-refractivity contribution in [3.63, 3.8) is 0 Å². The number of imidazole rings is 1. The van der Waals surface area contributed by atoms with Crippen LogP contribution in [0.3, 0.4) is 0 Å². The summed E-state index contributed by atoms with van der Waals surface area (Å²) in [7, 11) is 0. The average Bonchev–Trinajstić information content (AvgIpc) is 2.99. The van der Waals surface area contributed by atoms with Gasteiger partial charge in [0.2, 0.25) is 0 Å². The molecule has 2 nitrogen and oxygen atoms in total. The summed E-state index contributed by atoms with van der Waals surface area (Å²) in [5.41, 5.74) is 2.97. The lowest BCUT2D eigenvalue weighted by Gasteiger charge is -2.00. The van der Waals surface area contributed by atoms with Crippen LogP contribution in [0.1, 0.15) is 17.0 Å². The highest BCUT2D eigenvalue weighted by atomic mass is 35.5. The Morgan fingerprint density at radius 2 is 2.21 bits per heavy atom. The Morgan fingerprint density at radius 3 is 3.05 bits per heavy atom. The van der Waals surface area contributed by atoms with Gasteiger partial charge in [0.05, 0.1) is 10.7 Å². The highest BCUT2D eigenvalue weighted by Crippen LogP contribution is 2.34. The molecule has 3 aromatic rings.